The monoisotopic (exact) mass is 216 g/mol. The van der Waals surface area contributed by atoms with Gasteiger partial charge in [-0.2, -0.15) is 5.26 Å². The lowest BCUT2D eigenvalue weighted by molar-refractivity contribution is 0.103. The lowest BCUT2D eigenvalue weighted by atomic mass is 10.2. The van der Waals surface area contributed by atoms with Gasteiger partial charge in [-0.25, -0.2) is 0 Å². The van der Waals surface area contributed by atoms with Crippen LogP contribution in [0.3, 0.4) is 0 Å². The number of rotatable bonds is 4. The van der Waals surface area contributed by atoms with Gasteiger partial charge in [-0.3, -0.25) is 5.32 Å². The molecule has 1 aromatic rings. The molecule has 84 valence electrons. The van der Waals surface area contributed by atoms with Crippen LogP contribution in [0.15, 0.2) is 30.3 Å². The standard InChI is InChI=1S/C13H16N2O/c14-8-12-6-7-13(15-12)10-16-9-11-4-2-1-3-5-11/h1-5,12-13,15H,6-7,9-10H2/t12-,13-/m0/s1. The molecule has 2 atom stereocenters. The minimum atomic E-state index is 0.0188. The quantitative estimate of drug-likeness (QED) is 0.835. The van der Waals surface area contributed by atoms with E-state index in [0.717, 1.165) is 12.8 Å². The van der Waals surface area contributed by atoms with Crippen molar-refractivity contribution >= 4 is 0 Å². The van der Waals surface area contributed by atoms with Gasteiger partial charge in [0.25, 0.3) is 0 Å². The predicted octanol–water partition coefficient (Wildman–Crippen LogP) is 1.85. The van der Waals surface area contributed by atoms with Crippen molar-refractivity contribution in [3.63, 3.8) is 0 Å². The first-order valence-corrected chi connectivity index (χ1v) is 5.66. The van der Waals surface area contributed by atoms with Crippen molar-refractivity contribution in [3.05, 3.63) is 35.9 Å². The van der Waals surface area contributed by atoms with Crippen LogP contribution in [-0.4, -0.2) is 18.7 Å². The second kappa shape index (κ2) is 5.64. The van der Waals surface area contributed by atoms with Gasteiger partial charge in [0, 0.05) is 6.04 Å². The molecule has 0 radical (unpaired) electrons. The Morgan fingerprint density at radius 1 is 1.31 bits per heavy atom. The third-order valence-corrected chi connectivity index (χ3v) is 2.83. The zero-order valence-corrected chi connectivity index (χ0v) is 9.23. The molecule has 1 aliphatic rings. The van der Waals surface area contributed by atoms with Gasteiger partial charge < -0.3 is 4.74 Å². The Labute approximate surface area is 96.0 Å². The maximum Gasteiger partial charge on any atom is 0.0956 e. The summed E-state index contributed by atoms with van der Waals surface area (Å²) in [7, 11) is 0. The van der Waals surface area contributed by atoms with E-state index >= 15 is 0 Å². The summed E-state index contributed by atoms with van der Waals surface area (Å²) in [6.07, 6.45) is 1.98. The molecule has 1 saturated heterocycles. The molecule has 0 bridgehead atoms. The molecule has 1 N–H and O–H groups in total. The summed E-state index contributed by atoms with van der Waals surface area (Å²) in [6, 6.07) is 12.7. The summed E-state index contributed by atoms with van der Waals surface area (Å²) in [5.74, 6) is 0. The molecule has 3 nitrogen and oxygen atoms in total. The maximum absolute atomic E-state index is 8.73. The van der Waals surface area contributed by atoms with Crippen LogP contribution in [0.4, 0.5) is 0 Å². The third kappa shape index (κ3) is 3.06. The number of benzene rings is 1. The Morgan fingerprint density at radius 2 is 2.12 bits per heavy atom. The number of nitrogens with zero attached hydrogens (tertiary/aromatic N) is 1. The van der Waals surface area contributed by atoms with Gasteiger partial charge in [-0.05, 0) is 18.4 Å². The molecule has 0 saturated carbocycles. The molecule has 0 aromatic heterocycles. The minimum Gasteiger partial charge on any atom is -0.375 e. The number of hydrogen-bond donors (Lipinski definition) is 1. The SMILES string of the molecule is N#C[C@@H]1CC[C@@H](COCc2ccccc2)N1. The Hall–Kier alpha value is -1.37. The van der Waals surface area contributed by atoms with Crippen LogP contribution in [0, 0.1) is 11.3 Å². The van der Waals surface area contributed by atoms with E-state index in [9.17, 15) is 0 Å². The Balaban J connectivity index is 1.68. The highest BCUT2D eigenvalue weighted by Gasteiger charge is 2.22. The summed E-state index contributed by atoms with van der Waals surface area (Å²) < 4.78 is 5.62. The molecule has 2 rings (SSSR count). The number of nitriles is 1. The van der Waals surface area contributed by atoms with E-state index in [0.29, 0.717) is 19.3 Å². The smallest absolute Gasteiger partial charge is 0.0956 e. The van der Waals surface area contributed by atoms with Gasteiger partial charge in [0.2, 0.25) is 0 Å². The van der Waals surface area contributed by atoms with Crippen molar-refractivity contribution < 1.29 is 4.74 Å². The summed E-state index contributed by atoms with van der Waals surface area (Å²) in [5.41, 5.74) is 1.19. The second-order valence-corrected chi connectivity index (χ2v) is 4.12. The van der Waals surface area contributed by atoms with E-state index in [1.165, 1.54) is 5.56 Å². The molecule has 0 amide bonds. The highest BCUT2D eigenvalue weighted by molar-refractivity contribution is 5.13. The van der Waals surface area contributed by atoms with Crippen molar-refractivity contribution in [2.45, 2.75) is 31.5 Å². The molecule has 3 heteroatoms. The largest absolute Gasteiger partial charge is 0.375 e. The van der Waals surface area contributed by atoms with Crippen LogP contribution in [0.1, 0.15) is 18.4 Å². The molecular formula is C13H16N2O. The first-order valence-electron chi connectivity index (χ1n) is 5.66. The molecular weight excluding hydrogens is 200 g/mol. The van der Waals surface area contributed by atoms with Crippen molar-refractivity contribution in [1.82, 2.24) is 5.32 Å². The van der Waals surface area contributed by atoms with Crippen LogP contribution >= 0.6 is 0 Å². The van der Waals surface area contributed by atoms with Crippen molar-refractivity contribution in [2.75, 3.05) is 6.61 Å². The topological polar surface area (TPSA) is 45.0 Å². The lowest BCUT2D eigenvalue weighted by Crippen LogP contribution is -2.31. The van der Waals surface area contributed by atoms with Gasteiger partial charge in [0.1, 0.15) is 0 Å². The molecule has 0 spiro atoms. The van der Waals surface area contributed by atoms with Gasteiger partial charge in [-0.1, -0.05) is 30.3 Å². The fraction of sp³-hybridized carbons (Fsp3) is 0.462. The molecule has 0 unspecified atom stereocenters. The van der Waals surface area contributed by atoms with Gasteiger partial charge >= 0.3 is 0 Å². The van der Waals surface area contributed by atoms with Crippen molar-refractivity contribution in [3.8, 4) is 6.07 Å². The second-order valence-electron chi connectivity index (χ2n) is 4.12. The molecule has 0 aliphatic carbocycles. The summed E-state index contributed by atoms with van der Waals surface area (Å²) in [4.78, 5) is 0. The van der Waals surface area contributed by atoms with Crippen LogP contribution in [0.25, 0.3) is 0 Å². The molecule has 1 aromatic carbocycles. The molecule has 1 fully saturated rings. The zero-order valence-electron chi connectivity index (χ0n) is 9.23. The van der Waals surface area contributed by atoms with E-state index in [4.69, 9.17) is 10.00 Å². The highest BCUT2D eigenvalue weighted by atomic mass is 16.5. The molecule has 16 heavy (non-hydrogen) atoms. The normalized spacial score (nSPS) is 24.2. The first-order chi connectivity index (χ1) is 7.88. The Bertz CT molecular complexity index is 358. The highest BCUT2D eigenvalue weighted by Crippen LogP contribution is 2.12. The average Bonchev–Trinajstić information content (AvgIpc) is 2.78. The Morgan fingerprint density at radius 3 is 2.81 bits per heavy atom. The Kier molecular flexibility index (Phi) is 3.92. The fourth-order valence-corrected chi connectivity index (χ4v) is 1.95. The predicted molar refractivity (Wildman–Crippen MR) is 61.7 cm³/mol. The van der Waals surface area contributed by atoms with E-state index < -0.39 is 0 Å². The summed E-state index contributed by atoms with van der Waals surface area (Å²) in [5, 5.41) is 12.0. The fourth-order valence-electron chi connectivity index (χ4n) is 1.95. The lowest BCUT2D eigenvalue weighted by Gasteiger charge is -2.11. The van der Waals surface area contributed by atoms with E-state index in [-0.39, 0.29) is 6.04 Å². The minimum absolute atomic E-state index is 0.0188. The van der Waals surface area contributed by atoms with Crippen LogP contribution in [-0.2, 0) is 11.3 Å². The summed E-state index contributed by atoms with van der Waals surface area (Å²) in [6.45, 7) is 1.34. The number of nitrogens with one attached hydrogen (secondary N) is 1. The zero-order chi connectivity index (χ0) is 11.2. The van der Waals surface area contributed by atoms with Gasteiger partial charge in [0.05, 0.1) is 25.3 Å². The van der Waals surface area contributed by atoms with Gasteiger partial charge in [-0.15, -0.1) is 0 Å². The molecule has 1 aliphatic heterocycles. The summed E-state index contributed by atoms with van der Waals surface area (Å²) >= 11 is 0. The van der Waals surface area contributed by atoms with E-state index in [1.807, 2.05) is 18.2 Å². The van der Waals surface area contributed by atoms with Crippen molar-refractivity contribution in [2.24, 2.45) is 0 Å². The third-order valence-electron chi connectivity index (χ3n) is 2.83. The van der Waals surface area contributed by atoms with Crippen LogP contribution in [0.5, 0.6) is 0 Å². The average molecular weight is 216 g/mol. The van der Waals surface area contributed by atoms with Crippen molar-refractivity contribution in [1.29, 1.82) is 5.26 Å². The number of ether oxygens (including phenoxy) is 1. The van der Waals surface area contributed by atoms with Gasteiger partial charge in [0.15, 0.2) is 0 Å². The maximum atomic E-state index is 8.73. The van der Waals surface area contributed by atoms with Crippen LogP contribution < -0.4 is 5.32 Å². The first kappa shape index (κ1) is 11.1. The van der Waals surface area contributed by atoms with E-state index in [1.54, 1.807) is 0 Å². The molecule has 1 heterocycles. The van der Waals surface area contributed by atoms with Crippen LogP contribution in [0.2, 0.25) is 0 Å². The number of hydrogen-bond acceptors (Lipinski definition) is 3. The van der Waals surface area contributed by atoms with E-state index in [2.05, 4.69) is 23.5 Å².